The Bertz CT molecular complexity index is 587. The van der Waals surface area contributed by atoms with Crippen LogP contribution in [0.25, 0.3) is 0 Å². The van der Waals surface area contributed by atoms with E-state index in [0.29, 0.717) is 25.1 Å². The number of carbonyl (C=O) groups is 2. The normalized spacial score (nSPS) is 24.0. The summed E-state index contributed by atoms with van der Waals surface area (Å²) in [4.78, 5) is 32.0. The van der Waals surface area contributed by atoms with Crippen LogP contribution in [0, 0.1) is 0 Å². The SMILES string of the molecule is O=C(NO[C@@H]1CCCCO1)[C@H]1CCCN1C(=O)c1ccc(Br)cc1. The molecule has 0 saturated carbocycles. The van der Waals surface area contributed by atoms with Gasteiger partial charge in [-0.05, 0) is 49.9 Å². The van der Waals surface area contributed by atoms with Gasteiger partial charge < -0.3 is 9.64 Å². The molecule has 6 nitrogen and oxygen atoms in total. The van der Waals surface area contributed by atoms with Crippen LogP contribution in [0.1, 0.15) is 42.5 Å². The van der Waals surface area contributed by atoms with Gasteiger partial charge in [0.2, 0.25) is 0 Å². The van der Waals surface area contributed by atoms with Crippen molar-refractivity contribution >= 4 is 27.7 Å². The summed E-state index contributed by atoms with van der Waals surface area (Å²) in [6.45, 7) is 1.23. The first-order valence-electron chi connectivity index (χ1n) is 8.29. The van der Waals surface area contributed by atoms with Crippen molar-refractivity contribution in [3.63, 3.8) is 0 Å². The van der Waals surface area contributed by atoms with Crippen LogP contribution in [0.4, 0.5) is 0 Å². The van der Waals surface area contributed by atoms with E-state index >= 15 is 0 Å². The lowest BCUT2D eigenvalue weighted by molar-refractivity contribution is -0.201. The molecule has 2 aliphatic rings. The molecule has 2 fully saturated rings. The Balaban J connectivity index is 1.58. The van der Waals surface area contributed by atoms with Crippen LogP contribution in [0.3, 0.4) is 0 Å². The van der Waals surface area contributed by atoms with Gasteiger partial charge in [0.05, 0.1) is 0 Å². The number of hydrogen-bond acceptors (Lipinski definition) is 4. The highest BCUT2D eigenvalue weighted by molar-refractivity contribution is 9.10. The van der Waals surface area contributed by atoms with E-state index in [4.69, 9.17) is 9.57 Å². The van der Waals surface area contributed by atoms with Crippen molar-refractivity contribution in [3.05, 3.63) is 34.3 Å². The molecule has 2 aliphatic heterocycles. The second-order valence-corrected chi connectivity index (χ2v) is 6.96. The van der Waals surface area contributed by atoms with Crippen LogP contribution in [0.15, 0.2) is 28.7 Å². The fourth-order valence-electron chi connectivity index (χ4n) is 3.04. The molecule has 1 aromatic rings. The summed E-state index contributed by atoms with van der Waals surface area (Å²) in [5, 5.41) is 0. The van der Waals surface area contributed by atoms with Crippen LogP contribution in [-0.2, 0) is 14.4 Å². The van der Waals surface area contributed by atoms with Crippen molar-refractivity contribution in [2.45, 2.75) is 44.4 Å². The van der Waals surface area contributed by atoms with Crippen LogP contribution < -0.4 is 5.48 Å². The molecule has 24 heavy (non-hydrogen) atoms. The van der Waals surface area contributed by atoms with Gasteiger partial charge in [0.1, 0.15) is 6.04 Å². The van der Waals surface area contributed by atoms with E-state index in [1.165, 1.54) is 0 Å². The second kappa shape index (κ2) is 8.09. The van der Waals surface area contributed by atoms with Gasteiger partial charge in [0, 0.05) is 29.6 Å². The van der Waals surface area contributed by atoms with Crippen LogP contribution in [0.5, 0.6) is 0 Å². The third-order valence-electron chi connectivity index (χ3n) is 4.34. The Morgan fingerprint density at radius 2 is 1.96 bits per heavy atom. The summed E-state index contributed by atoms with van der Waals surface area (Å²) < 4.78 is 6.34. The largest absolute Gasteiger partial charge is 0.350 e. The molecule has 0 aromatic heterocycles. The number of nitrogens with zero attached hydrogens (tertiary/aromatic N) is 1. The van der Waals surface area contributed by atoms with Crippen molar-refractivity contribution in [2.24, 2.45) is 0 Å². The smallest absolute Gasteiger partial charge is 0.266 e. The summed E-state index contributed by atoms with van der Waals surface area (Å²) in [5.41, 5.74) is 3.05. The molecule has 130 valence electrons. The van der Waals surface area contributed by atoms with Crippen LogP contribution in [-0.4, -0.2) is 42.2 Å². The zero-order valence-electron chi connectivity index (χ0n) is 13.4. The Kier molecular flexibility index (Phi) is 5.86. The van der Waals surface area contributed by atoms with E-state index in [1.54, 1.807) is 17.0 Å². The van der Waals surface area contributed by atoms with Crippen molar-refractivity contribution < 1.29 is 19.2 Å². The lowest BCUT2D eigenvalue weighted by Gasteiger charge is -2.26. The van der Waals surface area contributed by atoms with Gasteiger partial charge in [0.15, 0.2) is 6.29 Å². The average molecular weight is 397 g/mol. The average Bonchev–Trinajstić information content (AvgIpc) is 3.10. The molecule has 0 unspecified atom stereocenters. The van der Waals surface area contributed by atoms with Crippen LogP contribution >= 0.6 is 15.9 Å². The molecule has 0 bridgehead atoms. The number of ether oxygens (including phenoxy) is 1. The second-order valence-electron chi connectivity index (χ2n) is 6.04. The summed E-state index contributed by atoms with van der Waals surface area (Å²) in [7, 11) is 0. The summed E-state index contributed by atoms with van der Waals surface area (Å²) >= 11 is 3.35. The van der Waals surface area contributed by atoms with E-state index in [2.05, 4.69) is 21.4 Å². The molecule has 2 saturated heterocycles. The number of hydrogen-bond donors (Lipinski definition) is 1. The molecule has 2 amide bonds. The van der Waals surface area contributed by atoms with Gasteiger partial charge in [-0.25, -0.2) is 10.3 Å². The first-order valence-corrected chi connectivity index (χ1v) is 9.08. The van der Waals surface area contributed by atoms with E-state index in [0.717, 1.165) is 30.2 Å². The fraction of sp³-hybridized carbons (Fsp3) is 0.529. The Morgan fingerprint density at radius 1 is 1.17 bits per heavy atom. The van der Waals surface area contributed by atoms with Crippen LogP contribution in [0.2, 0.25) is 0 Å². The van der Waals surface area contributed by atoms with Crippen molar-refractivity contribution in [2.75, 3.05) is 13.2 Å². The maximum atomic E-state index is 12.6. The molecule has 1 N–H and O–H groups in total. The summed E-state index contributed by atoms with van der Waals surface area (Å²) in [6, 6.07) is 6.66. The number of hydroxylamine groups is 1. The minimum Gasteiger partial charge on any atom is -0.350 e. The highest BCUT2D eigenvalue weighted by Gasteiger charge is 2.35. The Labute approximate surface area is 149 Å². The van der Waals surface area contributed by atoms with E-state index in [9.17, 15) is 9.59 Å². The Hall–Kier alpha value is -1.44. The molecule has 2 heterocycles. The highest BCUT2D eigenvalue weighted by Crippen LogP contribution is 2.22. The molecule has 7 heteroatoms. The topological polar surface area (TPSA) is 67.9 Å². The Morgan fingerprint density at radius 3 is 2.67 bits per heavy atom. The maximum Gasteiger partial charge on any atom is 0.266 e. The number of amides is 2. The molecule has 2 atom stereocenters. The predicted molar refractivity (Wildman–Crippen MR) is 91.0 cm³/mol. The van der Waals surface area contributed by atoms with Gasteiger partial charge in [-0.1, -0.05) is 15.9 Å². The standard InChI is InChI=1S/C17H21BrN2O4/c18-13-8-6-12(7-9-13)17(22)20-10-3-4-14(20)16(21)19-24-15-5-1-2-11-23-15/h6-9,14-15H,1-5,10-11H2,(H,19,21)/t14-,15-/m1/s1. The molecular formula is C17H21BrN2O4. The first kappa shape index (κ1) is 17.4. The number of halogens is 1. The maximum absolute atomic E-state index is 12.6. The van der Waals surface area contributed by atoms with E-state index < -0.39 is 6.04 Å². The molecule has 0 aliphatic carbocycles. The van der Waals surface area contributed by atoms with Crippen molar-refractivity contribution in [1.29, 1.82) is 0 Å². The monoisotopic (exact) mass is 396 g/mol. The van der Waals surface area contributed by atoms with E-state index in [-0.39, 0.29) is 18.1 Å². The fourth-order valence-corrected chi connectivity index (χ4v) is 3.30. The summed E-state index contributed by atoms with van der Waals surface area (Å²) in [5.74, 6) is -0.416. The minimum atomic E-state index is -0.496. The number of likely N-dealkylation sites (tertiary alicyclic amines) is 1. The van der Waals surface area contributed by atoms with E-state index in [1.807, 2.05) is 12.1 Å². The predicted octanol–water partition coefficient (Wildman–Crippen LogP) is 2.63. The van der Waals surface area contributed by atoms with Gasteiger partial charge in [-0.2, -0.15) is 0 Å². The highest BCUT2D eigenvalue weighted by atomic mass is 79.9. The molecule has 3 rings (SSSR count). The quantitative estimate of drug-likeness (QED) is 0.794. The lowest BCUT2D eigenvalue weighted by Crippen LogP contribution is -2.47. The third kappa shape index (κ3) is 4.15. The minimum absolute atomic E-state index is 0.130. The van der Waals surface area contributed by atoms with Gasteiger partial charge in [0.25, 0.3) is 11.8 Å². The third-order valence-corrected chi connectivity index (χ3v) is 4.87. The zero-order chi connectivity index (χ0) is 16.9. The molecule has 0 radical (unpaired) electrons. The van der Waals surface area contributed by atoms with Gasteiger partial charge >= 0.3 is 0 Å². The molecular weight excluding hydrogens is 376 g/mol. The van der Waals surface area contributed by atoms with Gasteiger partial charge in [-0.3, -0.25) is 9.59 Å². The summed E-state index contributed by atoms with van der Waals surface area (Å²) in [6.07, 6.45) is 3.87. The molecule has 0 spiro atoms. The van der Waals surface area contributed by atoms with Crippen molar-refractivity contribution in [3.8, 4) is 0 Å². The lowest BCUT2D eigenvalue weighted by atomic mass is 10.1. The number of carbonyl (C=O) groups excluding carboxylic acids is 2. The number of rotatable bonds is 4. The number of benzene rings is 1. The van der Waals surface area contributed by atoms with Crippen molar-refractivity contribution in [1.82, 2.24) is 10.4 Å². The number of nitrogens with one attached hydrogen (secondary N) is 1. The van der Waals surface area contributed by atoms with Gasteiger partial charge in [-0.15, -0.1) is 0 Å². The first-order chi connectivity index (χ1) is 11.6. The molecule has 1 aromatic carbocycles. The zero-order valence-corrected chi connectivity index (χ0v) is 15.0.